The standard InChI is InChI=1S/C14H16O8/c15-11(16)6-2-1-5-3-8(12(17)18)9(13(19)20)4-7(5)10(6)14(21)22/h4-6,8-10H,1-3H2,(H,15,16)(H,17,18)(H,19,20)(H,21,22). The third-order valence-electron chi connectivity index (χ3n) is 4.59. The first-order valence-corrected chi connectivity index (χ1v) is 6.86. The van der Waals surface area contributed by atoms with Crippen molar-refractivity contribution in [1.29, 1.82) is 0 Å². The van der Waals surface area contributed by atoms with E-state index >= 15 is 0 Å². The maximum absolute atomic E-state index is 11.4. The zero-order valence-corrected chi connectivity index (χ0v) is 11.5. The Morgan fingerprint density at radius 1 is 0.818 bits per heavy atom. The molecule has 0 spiro atoms. The molecule has 0 aromatic carbocycles. The predicted octanol–water partition coefficient (Wildman–Crippen LogP) is 0.530. The molecule has 4 N–H and O–H groups in total. The summed E-state index contributed by atoms with van der Waals surface area (Å²) in [5.41, 5.74) is 0.246. The predicted molar refractivity (Wildman–Crippen MR) is 69.9 cm³/mol. The Hall–Kier alpha value is -2.38. The van der Waals surface area contributed by atoms with Gasteiger partial charge in [-0.3, -0.25) is 19.2 Å². The number of carboxylic acid groups (broad SMARTS) is 4. The van der Waals surface area contributed by atoms with Crippen molar-refractivity contribution in [1.82, 2.24) is 0 Å². The minimum absolute atomic E-state index is 0.0221. The summed E-state index contributed by atoms with van der Waals surface area (Å²) in [6.07, 6.45) is 1.67. The van der Waals surface area contributed by atoms with E-state index < -0.39 is 53.5 Å². The largest absolute Gasteiger partial charge is 0.481 e. The Kier molecular flexibility index (Phi) is 4.20. The molecule has 0 aliphatic heterocycles. The molecule has 0 saturated heterocycles. The van der Waals surface area contributed by atoms with Gasteiger partial charge in [0.25, 0.3) is 0 Å². The first-order chi connectivity index (χ1) is 10.2. The highest BCUT2D eigenvalue weighted by molar-refractivity contribution is 5.85. The first kappa shape index (κ1) is 16.0. The molecule has 2 aliphatic carbocycles. The zero-order chi connectivity index (χ0) is 16.6. The van der Waals surface area contributed by atoms with Crippen LogP contribution in [0.2, 0.25) is 0 Å². The molecule has 0 radical (unpaired) electrons. The molecule has 22 heavy (non-hydrogen) atoms. The fourth-order valence-corrected chi connectivity index (χ4v) is 3.55. The van der Waals surface area contributed by atoms with E-state index in [4.69, 9.17) is 10.2 Å². The van der Waals surface area contributed by atoms with E-state index in [2.05, 4.69) is 0 Å². The molecule has 1 saturated carbocycles. The first-order valence-electron chi connectivity index (χ1n) is 6.86. The molecule has 8 heteroatoms. The molecule has 0 heterocycles. The number of hydrogen-bond acceptors (Lipinski definition) is 4. The van der Waals surface area contributed by atoms with Crippen LogP contribution in [0.1, 0.15) is 19.3 Å². The average Bonchev–Trinajstić information content (AvgIpc) is 2.43. The normalized spacial score (nSPS) is 34.2. The van der Waals surface area contributed by atoms with Crippen molar-refractivity contribution in [3.05, 3.63) is 11.6 Å². The van der Waals surface area contributed by atoms with E-state index in [-0.39, 0.29) is 18.4 Å². The second-order valence-electron chi connectivity index (χ2n) is 5.75. The SMILES string of the molecule is O=C(O)C1C=C2C(CCC(C(=O)O)C2C(=O)O)CC1C(=O)O. The Labute approximate surface area is 125 Å². The summed E-state index contributed by atoms with van der Waals surface area (Å²) in [6, 6.07) is 0. The highest BCUT2D eigenvalue weighted by Gasteiger charge is 2.48. The lowest BCUT2D eigenvalue weighted by Gasteiger charge is -2.40. The van der Waals surface area contributed by atoms with E-state index in [1.165, 1.54) is 0 Å². The lowest BCUT2D eigenvalue weighted by atomic mass is 9.63. The van der Waals surface area contributed by atoms with Crippen LogP contribution < -0.4 is 0 Å². The van der Waals surface area contributed by atoms with Gasteiger partial charge in [-0.1, -0.05) is 11.6 Å². The van der Waals surface area contributed by atoms with E-state index in [0.29, 0.717) is 6.42 Å². The molecule has 1 fully saturated rings. The van der Waals surface area contributed by atoms with Crippen LogP contribution in [0.3, 0.4) is 0 Å². The molecular formula is C14H16O8. The lowest BCUT2D eigenvalue weighted by Crippen LogP contribution is -2.43. The molecule has 0 amide bonds. The summed E-state index contributed by atoms with van der Waals surface area (Å²) in [5, 5.41) is 36.8. The van der Waals surface area contributed by atoms with E-state index in [9.17, 15) is 29.4 Å². The van der Waals surface area contributed by atoms with Crippen LogP contribution in [0, 0.1) is 29.6 Å². The van der Waals surface area contributed by atoms with Gasteiger partial charge in [0.1, 0.15) is 0 Å². The van der Waals surface area contributed by atoms with Crippen molar-refractivity contribution in [3.8, 4) is 0 Å². The minimum atomic E-state index is -1.35. The molecule has 120 valence electrons. The third-order valence-corrected chi connectivity index (χ3v) is 4.59. The zero-order valence-electron chi connectivity index (χ0n) is 11.5. The summed E-state index contributed by atoms with van der Waals surface area (Å²) < 4.78 is 0. The van der Waals surface area contributed by atoms with Crippen molar-refractivity contribution in [3.63, 3.8) is 0 Å². The third kappa shape index (κ3) is 2.68. The number of fused-ring (bicyclic) bond motifs is 1. The minimum Gasteiger partial charge on any atom is -0.481 e. The Balaban J connectivity index is 2.46. The average molecular weight is 312 g/mol. The van der Waals surface area contributed by atoms with Gasteiger partial charge in [-0.05, 0) is 25.2 Å². The number of carboxylic acids is 4. The van der Waals surface area contributed by atoms with Gasteiger partial charge in [0.15, 0.2) is 0 Å². The van der Waals surface area contributed by atoms with Crippen molar-refractivity contribution < 1.29 is 39.6 Å². The molecule has 8 nitrogen and oxygen atoms in total. The molecule has 5 atom stereocenters. The van der Waals surface area contributed by atoms with Gasteiger partial charge in [-0.25, -0.2) is 0 Å². The smallest absolute Gasteiger partial charge is 0.311 e. The van der Waals surface area contributed by atoms with Gasteiger partial charge in [0.2, 0.25) is 0 Å². The summed E-state index contributed by atoms with van der Waals surface area (Å²) in [6.45, 7) is 0. The maximum atomic E-state index is 11.4. The Bertz CT molecular complexity index is 551. The molecule has 2 aliphatic rings. The van der Waals surface area contributed by atoms with Crippen molar-refractivity contribution in [2.45, 2.75) is 19.3 Å². The molecule has 0 aromatic rings. The molecule has 0 aromatic heterocycles. The fraction of sp³-hybridized carbons (Fsp3) is 0.571. The summed E-state index contributed by atoms with van der Waals surface area (Å²) in [7, 11) is 0. The highest BCUT2D eigenvalue weighted by Crippen LogP contribution is 2.46. The van der Waals surface area contributed by atoms with Crippen LogP contribution in [-0.2, 0) is 19.2 Å². The second-order valence-corrected chi connectivity index (χ2v) is 5.75. The molecule has 5 unspecified atom stereocenters. The van der Waals surface area contributed by atoms with Crippen LogP contribution in [0.5, 0.6) is 0 Å². The van der Waals surface area contributed by atoms with E-state index in [1.807, 2.05) is 0 Å². The summed E-state index contributed by atoms with van der Waals surface area (Å²) in [4.78, 5) is 45.2. The second kappa shape index (κ2) is 5.78. The topological polar surface area (TPSA) is 149 Å². The molecule has 2 rings (SSSR count). The van der Waals surface area contributed by atoms with Crippen LogP contribution in [0.25, 0.3) is 0 Å². The maximum Gasteiger partial charge on any atom is 0.311 e. The molecular weight excluding hydrogens is 296 g/mol. The van der Waals surface area contributed by atoms with E-state index in [0.717, 1.165) is 6.08 Å². The van der Waals surface area contributed by atoms with Gasteiger partial charge in [-0.2, -0.15) is 0 Å². The van der Waals surface area contributed by atoms with Gasteiger partial charge in [-0.15, -0.1) is 0 Å². The van der Waals surface area contributed by atoms with Crippen LogP contribution in [-0.4, -0.2) is 44.3 Å². The van der Waals surface area contributed by atoms with Crippen LogP contribution >= 0.6 is 0 Å². The number of aliphatic carboxylic acids is 4. The quantitative estimate of drug-likeness (QED) is 0.549. The monoisotopic (exact) mass is 312 g/mol. The van der Waals surface area contributed by atoms with Gasteiger partial charge < -0.3 is 20.4 Å². The molecule has 0 bridgehead atoms. The van der Waals surface area contributed by atoms with Crippen molar-refractivity contribution in [2.24, 2.45) is 29.6 Å². The van der Waals surface area contributed by atoms with Gasteiger partial charge in [0.05, 0.1) is 23.7 Å². The Morgan fingerprint density at radius 3 is 1.86 bits per heavy atom. The number of carbonyl (C=O) groups is 4. The van der Waals surface area contributed by atoms with E-state index in [1.54, 1.807) is 0 Å². The van der Waals surface area contributed by atoms with Gasteiger partial charge in [0, 0.05) is 0 Å². The van der Waals surface area contributed by atoms with Crippen molar-refractivity contribution >= 4 is 23.9 Å². The fourth-order valence-electron chi connectivity index (χ4n) is 3.55. The summed E-state index contributed by atoms with van der Waals surface area (Å²) >= 11 is 0. The lowest BCUT2D eigenvalue weighted by molar-refractivity contribution is -0.156. The van der Waals surface area contributed by atoms with Crippen LogP contribution in [0.15, 0.2) is 11.6 Å². The number of rotatable bonds is 4. The van der Waals surface area contributed by atoms with Crippen molar-refractivity contribution in [2.75, 3.05) is 0 Å². The number of hydrogen-bond donors (Lipinski definition) is 4. The van der Waals surface area contributed by atoms with Crippen LogP contribution in [0.4, 0.5) is 0 Å². The highest BCUT2D eigenvalue weighted by atomic mass is 16.4. The Morgan fingerprint density at radius 2 is 1.41 bits per heavy atom. The summed E-state index contributed by atoms with van der Waals surface area (Å²) in [5.74, 6) is -10.4. The van der Waals surface area contributed by atoms with Gasteiger partial charge >= 0.3 is 23.9 Å².